The van der Waals surface area contributed by atoms with E-state index in [0.29, 0.717) is 10.1 Å². The molecule has 0 aliphatic carbocycles. The molecule has 1 heterocycles. The van der Waals surface area contributed by atoms with Crippen LogP contribution in [0.15, 0.2) is 41.2 Å². The number of hydrogen-bond acceptors (Lipinski definition) is 4. The lowest BCUT2D eigenvalue weighted by molar-refractivity contribution is -0.385. The van der Waals surface area contributed by atoms with Gasteiger partial charge in [0, 0.05) is 23.9 Å². The summed E-state index contributed by atoms with van der Waals surface area (Å²) in [6.45, 7) is 0.629. The quantitative estimate of drug-likeness (QED) is 0.524. The highest BCUT2D eigenvalue weighted by Gasteiger charge is 2.11. The van der Waals surface area contributed by atoms with Crippen molar-refractivity contribution in [2.45, 2.75) is 6.54 Å². The maximum atomic E-state index is 10.6. The molecule has 0 unspecified atom stereocenters. The Hall–Kier alpha value is -1.57. The maximum Gasteiger partial charge on any atom is 0.282 e. The van der Waals surface area contributed by atoms with Crippen molar-refractivity contribution < 1.29 is 9.34 Å². The molecule has 17 heavy (non-hydrogen) atoms. The Kier molecular flexibility index (Phi) is 3.62. The molecule has 2 aromatic rings. The molecule has 1 aromatic heterocycles. The third-order valence-corrected chi connectivity index (χ3v) is 3.09. The highest BCUT2D eigenvalue weighted by Crippen LogP contribution is 2.24. The highest BCUT2D eigenvalue weighted by atomic mass is 127. The SMILES string of the molecule is O=[N+]([O-])c1ccc(NCc2ccoc2)cc1I. The van der Waals surface area contributed by atoms with Gasteiger partial charge in [-0.15, -0.1) is 0 Å². The number of nitro benzene ring substituents is 1. The largest absolute Gasteiger partial charge is 0.472 e. The van der Waals surface area contributed by atoms with Crippen LogP contribution >= 0.6 is 22.6 Å². The number of anilines is 1. The smallest absolute Gasteiger partial charge is 0.282 e. The van der Waals surface area contributed by atoms with E-state index in [9.17, 15) is 10.1 Å². The van der Waals surface area contributed by atoms with Crippen LogP contribution in [0.3, 0.4) is 0 Å². The van der Waals surface area contributed by atoms with Crippen LogP contribution in [-0.4, -0.2) is 4.92 Å². The zero-order valence-corrected chi connectivity index (χ0v) is 10.9. The Morgan fingerprint density at radius 2 is 2.24 bits per heavy atom. The van der Waals surface area contributed by atoms with E-state index < -0.39 is 0 Å². The molecular formula is C11H9IN2O3. The Morgan fingerprint density at radius 3 is 2.82 bits per heavy atom. The fraction of sp³-hybridized carbons (Fsp3) is 0.0909. The molecule has 0 amide bonds. The van der Waals surface area contributed by atoms with E-state index in [4.69, 9.17) is 4.42 Å². The number of nitro groups is 1. The van der Waals surface area contributed by atoms with E-state index in [0.717, 1.165) is 11.3 Å². The molecule has 0 fully saturated rings. The average Bonchev–Trinajstić information content (AvgIpc) is 2.78. The first kappa shape index (κ1) is 11.9. The standard InChI is InChI=1S/C11H9IN2O3/c12-10-5-9(1-2-11(10)14(15)16)13-6-8-3-4-17-7-8/h1-5,7,13H,6H2. The van der Waals surface area contributed by atoms with Crippen molar-refractivity contribution in [3.05, 3.63) is 56.0 Å². The maximum absolute atomic E-state index is 10.6. The Bertz CT molecular complexity index is 526. The van der Waals surface area contributed by atoms with Crippen LogP contribution in [0, 0.1) is 13.7 Å². The fourth-order valence-electron chi connectivity index (χ4n) is 1.36. The predicted molar refractivity (Wildman–Crippen MR) is 71.8 cm³/mol. The molecule has 1 aromatic carbocycles. The van der Waals surface area contributed by atoms with Gasteiger partial charge in [0.2, 0.25) is 0 Å². The minimum Gasteiger partial charge on any atom is -0.472 e. The summed E-state index contributed by atoms with van der Waals surface area (Å²) >= 11 is 1.95. The lowest BCUT2D eigenvalue weighted by atomic mass is 10.2. The lowest BCUT2D eigenvalue weighted by Gasteiger charge is -2.05. The summed E-state index contributed by atoms with van der Waals surface area (Å²) in [5, 5.41) is 13.8. The molecule has 88 valence electrons. The molecular weight excluding hydrogens is 335 g/mol. The molecule has 0 aliphatic rings. The van der Waals surface area contributed by atoms with Crippen molar-refractivity contribution >= 4 is 34.0 Å². The van der Waals surface area contributed by atoms with Crippen LogP contribution in [0.1, 0.15) is 5.56 Å². The molecule has 6 heteroatoms. The number of rotatable bonds is 4. The summed E-state index contributed by atoms with van der Waals surface area (Å²) in [6.07, 6.45) is 3.26. The number of hydrogen-bond donors (Lipinski definition) is 1. The van der Waals surface area contributed by atoms with Crippen molar-refractivity contribution in [3.63, 3.8) is 0 Å². The molecule has 0 atom stereocenters. The van der Waals surface area contributed by atoms with Gasteiger partial charge in [-0.1, -0.05) is 0 Å². The van der Waals surface area contributed by atoms with Crippen molar-refractivity contribution in [1.29, 1.82) is 0 Å². The second kappa shape index (κ2) is 5.17. The molecule has 5 nitrogen and oxygen atoms in total. The van der Waals surface area contributed by atoms with Gasteiger partial charge in [0.1, 0.15) is 0 Å². The first-order chi connectivity index (χ1) is 8.16. The van der Waals surface area contributed by atoms with Gasteiger partial charge >= 0.3 is 0 Å². The van der Waals surface area contributed by atoms with Crippen molar-refractivity contribution in [2.24, 2.45) is 0 Å². The van der Waals surface area contributed by atoms with E-state index in [2.05, 4.69) is 5.32 Å². The van der Waals surface area contributed by atoms with Gasteiger partial charge in [0.05, 0.1) is 21.0 Å². The predicted octanol–water partition coefficient (Wildman–Crippen LogP) is 3.40. The summed E-state index contributed by atoms with van der Waals surface area (Å²) < 4.78 is 5.56. The Balaban J connectivity index is 2.07. The zero-order valence-electron chi connectivity index (χ0n) is 8.72. The summed E-state index contributed by atoms with van der Waals surface area (Å²) in [5.74, 6) is 0. The molecule has 0 saturated heterocycles. The number of nitrogens with one attached hydrogen (secondary N) is 1. The molecule has 0 aliphatic heterocycles. The van der Waals surface area contributed by atoms with Gasteiger partial charge in [-0.05, 0) is 40.8 Å². The summed E-state index contributed by atoms with van der Waals surface area (Å²) in [7, 11) is 0. The van der Waals surface area contributed by atoms with Crippen LogP contribution in [-0.2, 0) is 6.54 Å². The normalized spacial score (nSPS) is 10.2. The monoisotopic (exact) mass is 344 g/mol. The first-order valence-corrected chi connectivity index (χ1v) is 5.93. The molecule has 0 bridgehead atoms. The number of nitrogens with zero attached hydrogens (tertiary/aromatic N) is 1. The molecule has 0 radical (unpaired) electrons. The molecule has 2 rings (SSSR count). The number of benzene rings is 1. The van der Waals surface area contributed by atoms with Gasteiger partial charge in [0.25, 0.3) is 5.69 Å². The minimum absolute atomic E-state index is 0.125. The van der Waals surface area contributed by atoms with Crippen LogP contribution in [0.5, 0.6) is 0 Å². The van der Waals surface area contributed by atoms with Crippen molar-refractivity contribution in [1.82, 2.24) is 0 Å². The first-order valence-electron chi connectivity index (χ1n) is 4.85. The lowest BCUT2D eigenvalue weighted by Crippen LogP contribution is -1.99. The van der Waals surface area contributed by atoms with Gasteiger partial charge < -0.3 is 9.73 Å². The average molecular weight is 344 g/mol. The van der Waals surface area contributed by atoms with E-state index in [1.807, 2.05) is 28.7 Å². The fourth-order valence-corrected chi connectivity index (χ4v) is 2.07. The van der Waals surface area contributed by atoms with Gasteiger partial charge in [-0.2, -0.15) is 0 Å². The third-order valence-electron chi connectivity index (χ3n) is 2.22. The minimum atomic E-state index is -0.387. The zero-order chi connectivity index (χ0) is 12.3. The van der Waals surface area contributed by atoms with Crippen LogP contribution in [0.2, 0.25) is 0 Å². The topological polar surface area (TPSA) is 68.3 Å². The van der Waals surface area contributed by atoms with Crippen LogP contribution in [0.25, 0.3) is 0 Å². The highest BCUT2D eigenvalue weighted by molar-refractivity contribution is 14.1. The van der Waals surface area contributed by atoms with Crippen molar-refractivity contribution in [3.8, 4) is 0 Å². The summed E-state index contributed by atoms with van der Waals surface area (Å²) in [5.41, 5.74) is 2.00. The van der Waals surface area contributed by atoms with Crippen LogP contribution < -0.4 is 5.32 Å². The van der Waals surface area contributed by atoms with Gasteiger partial charge in [-0.25, -0.2) is 0 Å². The second-order valence-corrected chi connectivity index (χ2v) is 4.57. The van der Waals surface area contributed by atoms with E-state index in [-0.39, 0.29) is 10.6 Å². The summed E-state index contributed by atoms with van der Waals surface area (Å²) in [6, 6.07) is 6.81. The van der Waals surface area contributed by atoms with Crippen molar-refractivity contribution in [2.75, 3.05) is 5.32 Å². The van der Waals surface area contributed by atoms with E-state index in [1.165, 1.54) is 6.07 Å². The summed E-state index contributed by atoms with van der Waals surface area (Å²) in [4.78, 5) is 10.3. The van der Waals surface area contributed by atoms with E-state index in [1.54, 1.807) is 24.7 Å². The Morgan fingerprint density at radius 1 is 1.41 bits per heavy atom. The molecule has 1 N–H and O–H groups in total. The second-order valence-electron chi connectivity index (χ2n) is 3.41. The number of furan rings is 1. The Labute approximate surface area is 111 Å². The molecule has 0 spiro atoms. The number of halogens is 1. The van der Waals surface area contributed by atoms with Crippen LogP contribution in [0.4, 0.5) is 11.4 Å². The van der Waals surface area contributed by atoms with Gasteiger partial charge in [-0.3, -0.25) is 10.1 Å². The molecule has 0 saturated carbocycles. The van der Waals surface area contributed by atoms with E-state index >= 15 is 0 Å². The van der Waals surface area contributed by atoms with Gasteiger partial charge in [0.15, 0.2) is 0 Å². The third kappa shape index (κ3) is 2.96.